The molecule has 2 aromatic rings. The SMILES string of the molecule is COc1ccc(N)cc1-c1nc(C2SC[C@@H](C(=O)O)N2C)cs1. The van der Waals surface area contributed by atoms with Crippen molar-refractivity contribution in [3.8, 4) is 16.3 Å². The first-order chi connectivity index (χ1) is 11.0. The van der Waals surface area contributed by atoms with Gasteiger partial charge in [-0.05, 0) is 25.2 Å². The Morgan fingerprint density at radius 3 is 2.96 bits per heavy atom. The first-order valence-corrected chi connectivity index (χ1v) is 8.89. The average Bonchev–Trinajstić information content (AvgIpc) is 3.13. The molecule has 1 aliphatic heterocycles. The molecule has 1 saturated heterocycles. The number of carboxylic acid groups (broad SMARTS) is 1. The predicted octanol–water partition coefficient (Wildman–Crippen LogP) is 2.53. The van der Waals surface area contributed by atoms with E-state index in [4.69, 9.17) is 10.5 Å². The lowest BCUT2D eigenvalue weighted by atomic mass is 10.2. The van der Waals surface area contributed by atoms with E-state index in [1.807, 2.05) is 29.5 Å². The van der Waals surface area contributed by atoms with Gasteiger partial charge >= 0.3 is 5.97 Å². The maximum atomic E-state index is 11.2. The van der Waals surface area contributed by atoms with Gasteiger partial charge in [0, 0.05) is 16.8 Å². The fourth-order valence-electron chi connectivity index (χ4n) is 2.54. The lowest BCUT2D eigenvalue weighted by Crippen LogP contribution is -2.35. The fraction of sp³-hybridized carbons (Fsp3) is 0.333. The molecule has 0 radical (unpaired) electrons. The van der Waals surface area contributed by atoms with E-state index in [1.54, 1.807) is 24.9 Å². The number of carboxylic acids is 1. The lowest BCUT2D eigenvalue weighted by molar-refractivity contribution is -0.141. The third-order valence-electron chi connectivity index (χ3n) is 3.79. The van der Waals surface area contributed by atoms with Gasteiger partial charge < -0.3 is 15.6 Å². The van der Waals surface area contributed by atoms with Gasteiger partial charge in [-0.1, -0.05) is 0 Å². The second-order valence-electron chi connectivity index (χ2n) is 5.24. The Hall–Kier alpha value is -1.77. The molecule has 2 atom stereocenters. The number of nitrogens with two attached hydrogens (primary N) is 1. The van der Waals surface area contributed by atoms with E-state index in [1.165, 1.54) is 11.3 Å². The Morgan fingerprint density at radius 1 is 1.52 bits per heavy atom. The normalized spacial score (nSPS) is 21.5. The molecule has 1 aliphatic rings. The van der Waals surface area contributed by atoms with Crippen molar-refractivity contribution in [3.05, 3.63) is 29.3 Å². The number of hydrogen-bond donors (Lipinski definition) is 2. The van der Waals surface area contributed by atoms with Crippen LogP contribution in [0.4, 0.5) is 5.69 Å². The van der Waals surface area contributed by atoms with E-state index in [0.717, 1.165) is 22.0 Å². The van der Waals surface area contributed by atoms with Crippen LogP contribution >= 0.6 is 23.1 Å². The Balaban J connectivity index is 1.90. The van der Waals surface area contributed by atoms with Crippen LogP contribution in [-0.2, 0) is 4.79 Å². The zero-order valence-corrected chi connectivity index (χ0v) is 14.4. The number of nitrogens with zero attached hydrogens (tertiary/aromatic N) is 2. The predicted molar refractivity (Wildman–Crippen MR) is 92.9 cm³/mol. The molecule has 3 rings (SSSR count). The second kappa shape index (κ2) is 6.38. The summed E-state index contributed by atoms with van der Waals surface area (Å²) in [5, 5.41) is 12.0. The molecule has 122 valence electrons. The zero-order chi connectivity index (χ0) is 16.6. The summed E-state index contributed by atoms with van der Waals surface area (Å²) in [5.41, 5.74) is 8.23. The maximum absolute atomic E-state index is 11.2. The summed E-state index contributed by atoms with van der Waals surface area (Å²) < 4.78 is 5.38. The number of hydrogen-bond acceptors (Lipinski definition) is 7. The number of ether oxygens (including phenoxy) is 1. The lowest BCUT2D eigenvalue weighted by Gasteiger charge is -2.20. The molecule has 23 heavy (non-hydrogen) atoms. The van der Waals surface area contributed by atoms with Crippen molar-refractivity contribution in [3.63, 3.8) is 0 Å². The average molecular weight is 351 g/mol. The van der Waals surface area contributed by atoms with Crippen LogP contribution in [0.5, 0.6) is 5.75 Å². The van der Waals surface area contributed by atoms with Gasteiger partial charge in [0.05, 0.1) is 18.4 Å². The highest BCUT2D eigenvalue weighted by molar-refractivity contribution is 7.99. The van der Waals surface area contributed by atoms with E-state index in [9.17, 15) is 9.90 Å². The molecule has 0 bridgehead atoms. The third-order valence-corrected chi connectivity index (χ3v) is 6.08. The van der Waals surface area contributed by atoms with Gasteiger partial charge in [-0.25, -0.2) is 4.98 Å². The number of likely N-dealkylation sites (N-methyl/N-ethyl adjacent to an activating group) is 1. The van der Waals surface area contributed by atoms with Crippen molar-refractivity contribution in [2.45, 2.75) is 11.4 Å². The summed E-state index contributed by atoms with van der Waals surface area (Å²) in [4.78, 5) is 17.8. The van der Waals surface area contributed by atoms with Gasteiger partial charge in [-0.3, -0.25) is 9.69 Å². The van der Waals surface area contributed by atoms with Crippen LogP contribution in [0.2, 0.25) is 0 Å². The van der Waals surface area contributed by atoms with Crippen molar-refractivity contribution in [1.29, 1.82) is 0 Å². The topological polar surface area (TPSA) is 88.7 Å². The molecule has 0 saturated carbocycles. The molecule has 1 aromatic heterocycles. The summed E-state index contributed by atoms with van der Waals surface area (Å²) in [6.07, 6.45) is 0. The van der Waals surface area contributed by atoms with Crippen LogP contribution in [0.15, 0.2) is 23.6 Å². The van der Waals surface area contributed by atoms with Crippen LogP contribution in [0.3, 0.4) is 0 Å². The Morgan fingerprint density at radius 2 is 2.30 bits per heavy atom. The number of aliphatic carboxylic acids is 1. The van der Waals surface area contributed by atoms with Gasteiger partial charge in [0.1, 0.15) is 22.2 Å². The van der Waals surface area contributed by atoms with Gasteiger partial charge in [0.15, 0.2) is 0 Å². The molecule has 0 aliphatic carbocycles. The number of aromatic nitrogens is 1. The highest BCUT2D eigenvalue weighted by Gasteiger charge is 2.37. The number of thioether (sulfide) groups is 1. The Kier molecular flexibility index (Phi) is 4.47. The van der Waals surface area contributed by atoms with Crippen LogP contribution < -0.4 is 10.5 Å². The van der Waals surface area contributed by atoms with Crippen molar-refractivity contribution in [2.24, 2.45) is 0 Å². The molecular formula is C15H17N3O3S2. The summed E-state index contributed by atoms with van der Waals surface area (Å²) >= 11 is 3.10. The van der Waals surface area contributed by atoms with Crippen molar-refractivity contribution < 1.29 is 14.6 Å². The highest BCUT2D eigenvalue weighted by atomic mass is 32.2. The molecular weight excluding hydrogens is 334 g/mol. The van der Waals surface area contributed by atoms with Crippen LogP contribution in [0, 0.1) is 0 Å². The molecule has 0 amide bonds. The summed E-state index contributed by atoms with van der Waals surface area (Å²) in [6.45, 7) is 0. The van der Waals surface area contributed by atoms with E-state index < -0.39 is 12.0 Å². The molecule has 2 heterocycles. The molecule has 1 aromatic carbocycles. The minimum atomic E-state index is -0.796. The maximum Gasteiger partial charge on any atom is 0.321 e. The number of nitrogen functional groups attached to an aromatic ring is 1. The first-order valence-electron chi connectivity index (χ1n) is 6.97. The largest absolute Gasteiger partial charge is 0.496 e. The van der Waals surface area contributed by atoms with E-state index in [-0.39, 0.29) is 5.37 Å². The smallest absolute Gasteiger partial charge is 0.321 e. The van der Waals surface area contributed by atoms with Crippen LogP contribution in [-0.4, -0.2) is 46.9 Å². The number of methoxy groups -OCH3 is 1. The second-order valence-corrected chi connectivity index (χ2v) is 7.21. The standard InChI is InChI=1S/C15H17N3O3S2/c1-18-11(15(19)20)7-23-14(18)10-6-22-13(17-10)9-5-8(16)3-4-12(9)21-2/h3-6,11,14H,7,16H2,1-2H3,(H,19,20)/t11-,14?/m0/s1. The van der Waals surface area contributed by atoms with Crippen molar-refractivity contribution in [1.82, 2.24) is 9.88 Å². The molecule has 3 N–H and O–H groups in total. The Labute approximate surface area is 142 Å². The summed E-state index contributed by atoms with van der Waals surface area (Å²) in [6, 6.07) is 4.97. The van der Waals surface area contributed by atoms with E-state index in [0.29, 0.717) is 11.4 Å². The number of thiazole rings is 1. The van der Waals surface area contributed by atoms with Gasteiger partial charge in [0.2, 0.25) is 0 Å². The minimum Gasteiger partial charge on any atom is -0.496 e. The first kappa shape index (κ1) is 16.1. The Bertz CT molecular complexity index is 735. The summed E-state index contributed by atoms with van der Waals surface area (Å²) in [7, 11) is 3.44. The molecule has 1 unspecified atom stereocenters. The molecule has 1 fully saturated rings. The van der Waals surface area contributed by atoms with Crippen molar-refractivity contribution >= 4 is 34.8 Å². The van der Waals surface area contributed by atoms with Crippen LogP contribution in [0.25, 0.3) is 10.6 Å². The summed E-state index contributed by atoms with van der Waals surface area (Å²) in [5.74, 6) is 0.483. The molecule has 0 spiro atoms. The number of rotatable bonds is 4. The third kappa shape index (κ3) is 3.01. The van der Waals surface area contributed by atoms with E-state index in [2.05, 4.69) is 4.98 Å². The van der Waals surface area contributed by atoms with Crippen molar-refractivity contribution in [2.75, 3.05) is 25.6 Å². The highest BCUT2D eigenvalue weighted by Crippen LogP contribution is 2.42. The van der Waals surface area contributed by atoms with Gasteiger partial charge in [-0.2, -0.15) is 0 Å². The monoisotopic (exact) mass is 351 g/mol. The number of anilines is 1. The zero-order valence-electron chi connectivity index (χ0n) is 12.7. The fourth-order valence-corrected chi connectivity index (χ4v) is 4.90. The number of benzene rings is 1. The quantitative estimate of drug-likeness (QED) is 0.818. The van der Waals surface area contributed by atoms with Gasteiger partial charge in [-0.15, -0.1) is 23.1 Å². The molecule has 6 nitrogen and oxygen atoms in total. The van der Waals surface area contributed by atoms with E-state index >= 15 is 0 Å². The van der Waals surface area contributed by atoms with Crippen LogP contribution in [0.1, 0.15) is 11.1 Å². The minimum absolute atomic E-state index is 0.0480. The number of carbonyl (C=O) groups is 1. The van der Waals surface area contributed by atoms with Gasteiger partial charge in [0.25, 0.3) is 0 Å². The molecule has 8 heteroatoms.